The second-order valence-electron chi connectivity index (χ2n) is 8.11. The van der Waals surface area contributed by atoms with Gasteiger partial charge in [0.1, 0.15) is 11.3 Å². The summed E-state index contributed by atoms with van der Waals surface area (Å²) in [6, 6.07) is 8.24. The molecular formula is C24H21F5N4O3. The van der Waals surface area contributed by atoms with Gasteiger partial charge in [0, 0.05) is 29.9 Å². The van der Waals surface area contributed by atoms with Crippen LogP contribution in [0.1, 0.15) is 41.3 Å². The number of amides is 2. The summed E-state index contributed by atoms with van der Waals surface area (Å²) in [6.45, 7) is 0.0413. The molecule has 1 atom stereocenters. The molecule has 2 heterocycles. The molecule has 1 aromatic carbocycles. The standard InChI is InChI=1S/C24H21F5N4O3/c1-2-22(14-30)13-23(25,26)15-33(22)20(34)12-32-21(35)19-9-10-31-11-17(19)6-3-16-4-7-18(8-5-16)36-24(27,28)29/h3-11H,2,12-13,15H2,1H3,(H,32,35). The molecule has 0 aliphatic carbocycles. The molecule has 0 spiro atoms. The van der Waals surface area contributed by atoms with Gasteiger partial charge in [0.05, 0.1) is 19.2 Å². The van der Waals surface area contributed by atoms with Gasteiger partial charge in [-0.2, -0.15) is 5.26 Å². The highest BCUT2D eigenvalue weighted by Gasteiger charge is 2.56. The Bertz CT molecular complexity index is 1190. The van der Waals surface area contributed by atoms with E-state index in [1.54, 1.807) is 0 Å². The Labute approximate surface area is 203 Å². The number of nitrogens with zero attached hydrogens (tertiary/aromatic N) is 3. The zero-order chi connectivity index (χ0) is 26.6. The van der Waals surface area contributed by atoms with Crippen molar-refractivity contribution in [2.75, 3.05) is 13.1 Å². The van der Waals surface area contributed by atoms with E-state index in [2.05, 4.69) is 15.0 Å². The first-order valence-electron chi connectivity index (χ1n) is 10.7. The molecule has 12 heteroatoms. The highest BCUT2D eigenvalue weighted by molar-refractivity contribution is 6.00. The van der Waals surface area contributed by atoms with Crippen molar-refractivity contribution in [1.29, 1.82) is 5.26 Å². The van der Waals surface area contributed by atoms with Gasteiger partial charge < -0.3 is 15.0 Å². The molecule has 36 heavy (non-hydrogen) atoms. The van der Waals surface area contributed by atoms with Gasteiger partial charge in [-0.05, 0) is 30.2 Å². The zero-order valence-corrected chi connectivity index (χ0v) is 19.0. The molecule has 1 aromatic heterocycles. The van der Waals surface area contributed by atoms with E-state index in [1.807, 2.05) is 6.07 Å². The summed E-state index contributed by atoms with van der Waals surface area (Å²) in [5, 5.41) is 11.8. The quantitative estimate of drug-likeness (QED) is 0.559. The van der Waals surface area contributed by atoms with E-state index in [4.69, 9.17) is 0 Å². The van der Waals surface area contributed by atoms with E-state index >= 15 is 0 Å². The highest BCUT2D eigenvalue weighted by Crippen LogP contribution is 2.41. The Balaban J connectivity index is 1.68. The lowest BCUT2D eigenvalue weighted by Gasteiger charge is -2.30. The number of halogens is 5. The molecule has 0 saturated carbocycles. The number of hydrogen-bond acceptors (Lipinski definition) is 5. The Morgan fingerprint density at radius 3 is 2.53 bits per heavy atom. The van der Waals surface area contributed by atoms with Crippen molar-refractivity contribution in [3.05, 3.63) is 59.4 Å². The number of carbonyl (C=O) groups excluding carboxylic acids is 2. The zero-order valence-electron chi connectivity index (χ0n) is 19.0. The lowest BCUT2D eigenvalue weighted by molar-refractivity contribution is -0.274. The maximum Gasteiger partial charge on any atom is 0.573 e. The summed E-state index contributed by atoms with van der Waals surface area (Å²) >= 11 is 0. The van der Waals surface area contributed by atoms with E-state index < -0.39 is 49.1 Å². The Morgan fingerprint density at radius 2 is 1.92 bits per heavy atom. The van der Waals surface area contributed by atoms with E-state index in [9.17, 15) is 36.8 Å². The Kier molecular flexibility index (Phi) is 7.62. The minimum atomic E-state index is -4.81. The molecule has 0 bridgehead atoms. The number of nitrogens with one attached hydrogen (secondary N) is 1. The molecule has 1 saturated heterocycles. The molecule has 2 aromatic rings. The number of benzene rings is 1. The molecule has 1 unspecified atom stereocenters. The van der Waals surface area contributed by atoms with Gasteiger partial charge in [-0.1, -0.05) is 31.2 Å². The summed E-state index contributed by atoms with van der Waals surface area (Å²) < 4.78 is 68.6. The van der Waals surface area contributed by atoms with Crippen LogP contribution in [0.2, 0.25) is 0 Å². The highest BCUT2D eigenvalue weighted by atomic mass is 19.4. The molecule has 1 N–H and O–H groups in total. The fourth-order valence-corrected chi connectivity index (χ4v) is 3.84. The lowest BCUT2D eigenvalue weighted by atomic mass is 9.94. The molecule has 3 rings (SSSR count). The number of pyridine rings is 1. The summed E-state index contributed by atoms with van der Waals surface area (Å²) in [7, 11) is 0. The smallest absolute Gasteiger partial charge is 0.406 e. The van der Waals surface area contributed by atoms with E-state index in [1.165, 1.54) is 49.7 Å². The fourth-order valence-electron chi connectivity index (χ4n) is 3.84. The largest absolute Gasteiger partial charge is 0.573 e. The van der Waals surface area contributed by atoms with Gasteiger partial charge in [0.15, 0.2) is 0 Å². The molecule has 1 aliphatic rings. The van der Waals surface area contributed by atoms with Gasteiger partial charge in [0.25, 0.3) is 11.8 Å². The molecular weight excluding hydrogens is 487 g/mol. The number of aromatic nitrogens is 1. The van der Waals surface area contributed by atoms with Crippen LogP contribution in [0.3, 0.4) is 0 Å². The number of nitriles is 1. The number of carbonyl (C=O) groups is 2. The summed E-state index contributed by atoms with van der Waals surface area (Å²) in [5.74, 6) is -5.07. The molecule has 7 nitrogen and oxygen atoms in total. The third-order valence-corrected chi connectivity index (χ3v) is 5.62. The monoisotopic (exact) mass is 508 g/mol. The number of alkyl halides is 5. The predicted molar refractivity (Wildman–Crippen MR) is 119 cm³/mol. The maximum absolute atomic E-state index is 14.0. The second kappa shape index (κ2) is 10.3. The third kappa shape index (κ3) is 6.35. The van der Waals surface area contributed by atoms with Crippen LogP contribution in [0.25, 0.3) is 12.2 Å². The molecule has 2 amide bonds. The molecule has 1 aliphatic heterocycles. The average Bonchev–Trinajstić information content (AvgIpc) is 3.12. The summed E-state index contributed by atoms with van der Waals surface area (Å²) in [4.78, 5) is 30.1. The first-order chi connectivity index (χ1) is 16.9. The Morgan fingerprint density at radius 1 is 1.22 bits per heavy atom. The number of ether oxygens (including phenoxy) is 1. The average molecular weight is 508 g/mol. The van der Waals surface area contributed by atoms with Gasteiger partial charge >= 0.3 is 6.36 Å². The van der Waals surface area contributed by atoms with Gasteiger partial charge in [-0.15, -0.1) is 13.2 Å². The van der Waals surface area contributed by atoms with Gasteiger partial charge in [0.2, 0.25) is 5.91 Å². The van der Waals surface area contributed by atoms with Gasteiger partial charge in [-0.3, -0.25) is 14.6 Å². The van der Waals surface area contributed by atoms with Crippen LogP contribution in [0.5, 0.6) is 5.75 Å². The molecule has 1 fully saturated rings. The fraction of sp³-hybridized carbons (Fsp3) is 0.333. The van der Waals surface area contributed by atoms with Gasteiger partial charge in [-0.25, -0.2) is 8.78 Å². The van der Waals surface area contributed by atoms with Crippen LogP contribution in [0.4, 0.5) is 22.0 Å². The molecule has 0 radical (unpaired) electrons. The normalized spacial score (nSPS) is 19.2. The number of rotatable bonds is 7. The summed E-state index contributed by atoms with van der Waals surface area (Å²) in [6.07, 6.45) is 0.187. The number of likely N-dealkylation sites (tertiary alicyclic amines) is 1. The van der Waals surface area contributed by atoms with Crippen LogP contribution in [0, 0.1) is 11.3 Å². The van der Waals surface area contributed by atoms with Crippen molar-refractivity contribution in [2.45, 2.75) is 37.6 Å². The number of hydrogen-bond donors (Lipinski definition) is 1. The predicted octanol–water partition coefficient (Wildman–Crippen LogP) is 4.42. The Hall–Kier alpha value is -4.01. The minimum Gasteiger partial charge on any atom is -0.406 e. The van der Waals surface area contributed by atoms with Crippen LogP contribution in [-0.4, -0.2) is 52.6 Å². The van der Waals surface area contributed by atoms with E-state index in [-0.39, 0.29) is 17.7 Å². The lowest BCUT2D eigenvalue weighted by Crippen LogP contribution is -2.49. The van der Waals surface area contributed by atoms with Crippen molar-refractivity contribution in [1.82, 2.24) is 15.2 Å². The van der Waals surface area contributed by atoms with Crippen molar-refractivity contribution in [3.8, 4) is 11.8 Å². The summed E-state index contributed by atoms with van der Waals surface area (Å²) in [5.41, 5.74) is -0.667. The van der Waals surface area contributed by atoms with Crippen molar-refractivity contribution >= 4 is 24.0 Å². The van der Waals surface area contributed by atoms with Crippen molar-refractivity contribution < 1.29 is 36.3 Å². The van der Waals surface area contributed by atoms with Crippen LogP contribution >= 0.6 is 0 Å². The van der Waals surface area contributed by atoms with Crippen LogP contribution in [-0.2, 0) is 4.79 Å². The van der Waals surface area contributed by atoms with E-state index in [0.29, 0.717) is 11.1 Å². The first-order valence-corrected chi connectivity index (χ1v) is 10.7. The minimum absolute atomic E-state index is 0.0153. The van der Waals surface area contributed by atoms with Crippen molar-refractivity contribution in [2.24, 2.45) is 0 Å². The van der Waals surface area contributed by atoms with Crippen LogP contribution in [0.15, 0.2) is 42.7 Å². The first kappa shape index (κ1) is 26.6. The molecule has 190 valence electrons. The SMILES string of the molecule is CCC1(C#N)CC(F)(F)CN1C(=O)CNC(=O)c1ccncc1C=Cc1ccc(OC(F)(F)F)cc1. The topological polar surface area (TPSA) is 95.3 Å². The third-order valence-electron chi connectivity index (χ3n) is 5.62. The van der Waals surface area contributed by atoms with Crippen LogP contribution < -0.4 is 10.1 Å². The maximum atomic E-state index is 14.0. The van der Waals surface area contributed by atoms with E-state index in [0.717, 1.165) is 17.0 Å². The van der Waals surface area contributed by atoms with Crippen molar-refractivity contribution in [3.63, 3.8) is 0 Å². The second-order valence-corrected chi connectivity index (χ2v) is 8.11.